The van der Waals surface area contributed by atoms with Crippen LogP contribution in [0.15, 0.2) is 54.7 Å². The Bertz CT molecular complexity index is 493. The highest BCUT2D eigenvalue weighted by molar-refractivity contribution is 5.81. The number of benzene rings is 1. The van der Waals surface area contributed by atoms with Gasteiger partial charge in [-0.3, -0.25) is 9.78 Å². The number of nitrogens with zero attached hydrogens (tertiary/aromatic N) is 2. The van der Waals surface area contributed by atoms with E-state index in [1.54, 1.807) is 18.1 Å². The second-order valence-corrected chi connectivity index (χ2v) is 4.81. The summed E-state index contributed by atoms with van der Waals surface area (Å²) in [7, 11) is 1.75. The molecule has 0 saturated carbocycles. The first-order chi connectivity index (χ1) is 9.66. The molecule has 1 atom stereocenters. The van der Waals surface area contributed by atoms with Gasteiger partial charge in [-0.2, -0.15) is 0 Å². The van der Waals surface area contributed by atoms with Gasteiger partial charge in [-0.15, -0.1) is 0 Å². The third-order valence-electron chi connectivity index (χ3n) is 3.12. The summed E-state index contributed by atoms with van der Waals surface area (Å²) in [4.78, 5) is 18.1. The molecule has 2 N–H and O–H groups in total. The van der Waals surface area contributed by atoms with Gasteiger partial charge >= 0.3 is 0 Å². The first kappa shape index (κ1) is 14.2. The fourth-order valence-electron chi connectivity index (χ4n) is 2.05. The summed E-state index contributed by atoms with van der Waals surface area (Å²) in [5, 5.41) is 0. The van der Waals surface area contributed by atoms with Gasteiger partial charge in [0.1, 0.15) is 0 Å². The van der Waals surface area contributed by atoms with E-state index in [1.165, 1.54) is 0 Å². The summed E-state index contributed by atoms with van der Waals surface area (Å²) in [6, 6.07) is 14.9. The monoisotopic (exact) mass is 269 g/mol. The highest BCUT2D eigenvalue weighted by Gasteiger charge is 2.18. The van der Waals surface area contributed by atoms with Crippen LogP contribution in [0.25, 0.3) is 0 Å². The standard InChI is InChI=1S/C16H19N3O/c1-19(12-14-9-5-6-10-18-14)16(20)15(17)11-13-7-3-2-4-8-13/h2-10,15H,11-12,17H2,1H3. The lowest BCUT2D eigenvalue weighted by molar-refractivity contribution is -0.131. The average molecular weight is 269 g/mol. The molecular weight excluding hydrogens is 250 g/mol. The average Bonchev–Trinajstić information content (AvgIpc) is 2.48. The first-order valence-corrected chi connectivity index (χ1v) is 6.61. The predicted molar refractivity (Wildman–Crippen MR) is 78.8 cm³/mol. The largest absolute Gasteiger partial charge is 0.338 e. The van der Waals surface area contributed by atoms with Crippen molar-refractivity contribution in [1.29, 1.82) is 0 Å². The Morgan fingerprint density at radius 1 is 1.20 bits per heavy atom. The molecule has 0 aliphatic heterocycles. The molecule has 2 aromatic rings. The Morgan fingerprint density at radius 3 is 2.55 bits per heavy atom. The molecule has 4 heteroatoms. The van der Waals surface area contributed by atoms with Gasteiger partial charge in [0.2, 0.25) is 5.91 Å². The number of pyridine rings is 1. The van der Waals surface area contributed by atoms with E-state index in [1.807, 2.05) is 48.5 Å². The van der Waals surface area contributed by atoms with Crippen LogP contribution < -0.4 is 5.73 Å². The van der Waals surface area contributed by atoms with Gasteiger partial charge in [-0.05, 0) is 24.1 Å². The summed E-state index contributed by atoms with van der Waals surface area (Å²) in [6.07, 6.45) is 2.27. The van der Waals surface area contributed by atoms with Gasteiger partial charge in [0.25, 0.3) is 0 Å². The fourth-order valence-corrected chi connectivity index (χ4v) is 2.05. The molecule has 0 bridgehead atoms. The first-order valence-electron chi connectivity index (χ1n) is 6.61. The Kier molecular flexibility index (Phi) is 4.85. The molecule has 1 aromatic carbocycles. The molecule has 20 heavy (non-hydrogen) atoms. The van der Waals surface area contributed by atoms with Gasteiger partial charge in [-0.1, -0.05) is 36.4 Å². The zero-order chi connectivity index (χ0) is 14.4. The van der Waals surface area contributed by atoms with Crippen molar-refractivity contribution in [2.45, 2.75) is 19.0 Å². The lowest BCUT2D eigenvalue weighted by Gasteiger charge is -2.21. The second kappa shape index (κ2) is 6.82. The lowest BCUT2D eigenvalue weighted by Crippen LogP contribution is -2.42. The van der Waals surface area contributed by atoms with Gasteiger partial charge < -0.3 is 10.6 Å². The van der Waals surface area contributed by atoms with Crippen molar-refractivity contribution < 1.29 is 4.79 Å². The number of amides is 1. The molecule has 0 radical (unpaired) electrons. The summed E-state index contributed by atoms with van der Waals surface area (Å²) in [5.74, 6) is -0.0699. The predicted octanol–water partition coefficient (Wildman–Crippen LogP) is 1.61. The third-order valence-corrected chi connectivity index (χ3v) is 3.12. The van der Waals surface area contributed by atoms with Crippen LogP contribution in [0.2, 0.25) is 0 Å². The summed E-state index contributed by atoms with van der Waals surface area (Å²) < 4.78 is 0. The van der Waals surface area contributed by atoms with Crippen LogP contribution in [0.4, 0.5) is 0 Å². The topological polar surface area (TPSA) is 59.2 Å². The summed E-state index contributed by atoms with van der Waals surface area (Å²) in [6.45, 7) is 0.474. The maximum Gasteiger partial charge on any atom is 0.239 e. The number of rotatable bonds is 5. The maximum atomic E-state index is 12.2. The van der Waals surface area contributed by atoms with Crippen LogP contribution in [-0.2, 0) is 17.8 Å². The Morgan fingerprint density at radius 2 is 1.90 bits per heavy atom. The molecule has 0 spiro atoms. The fraction of sp³-hybridized carbons (Fsp3) is 0.250. The minimum absolute atomic E-state index is 0.0699. The van der Waals surface area contributed by atoms with E-state index in [2.05, 4.69) is 4.98 Å². The van der Waals surface area contributed by atoms with Crippen molar-refractivity contribution in [2.75, 3.05) is 7.05 Å². The molecule has 0 saturated heterocycles. The van der Waals surface area contributed by atoms with E-state index >= 15 is 0 Å². The smallest absolute Gasteiger partial charge is 0.239 e. The SMILES string of the molecule is CN(Cc1ccccn1)C(=O)C(N)Cc1ccccc1. The highest BCUT2D eigenvalue weighted by Crippen LogP contribution is 2.06. The number of carbonyl (C=O) groups excluding carboxylic acids is 1. The van der Waals surface area contributed by atoms with E-state index in [0.717, 1.165) is 11.3 Å². The summed E-state index contributed by atoms with van der Waals surface area (Å²) in [5.41, 5.74) is 7.92. The zero-order valence-corrected chi connectivity index (χ0v) is 11.6. The number of hydrogen-bond acceptors (Lipinski definition) is 3. The third kappa shape index (κ3) is 3.90. The summed E-state index contributed by atoms with van der Waals surface area (Å²) >= 11 is 0. The zero-order valence-electron chi connectivity index (χ0n) is 11.6. The molecule has 2 rings (SSSR count). The van der Waals surface area contributed by atoms with Crippen molar-refractivity contribution in [2.24, 2.45) is 5.73 Å². The van der Waals surface area contributed by atoms with Crippen LogP contribution in [-0.4, -0.2) is 28.9 Å². The van der Waals surface area contributed by atoms with Gasteiger partial charge in [0.15, 0.2) is 0 Å². The van der Waals surface area contributed by atoms with E-state index in [4.69, 9.17) is 5.73 Å². The van der Waals surface area contributed by atoms with Crippen molar-refractivity contribution in [3.63, 3.8) is 0 Å². The van der Waals surface area contributed by atoms with Gasteiger partial charge in [0, 0.05) is 13.2 Å². The van der Waals surface area contributed by atoms with Crippen molar-refractivity contribution in [1.82, 2.24) is 9.88 Å². The quantitative estimate of drug-likeness (QED) is 0.897. The highest BCUT2D eigenvalue weighted by atomic mass is 16.2. The van der Waals surface area contributed by atoms with Crippen LogP contribution in [0, 0.1) is 0 Å². The van der Waals surface area contributed by atoms with Crippen LogP contribution >= 0.6 is 0 Å². The number of hydrogen-bond donors (Lipinski definition) is 1. The molecule has 104 valence electrons. The number of nitrogens with two attached hydrogens (primary N) is 1. The Labute approximate surface area is 119 Å². The van der Waals surface area contributed by atoms with Gasteiger partial charge in [-0.25, -0.2) is 0 Å². The van der Waals surface area contributed by atoms with E-state index in [-0.39, 0.29) is 5.91 Å². The number of carbonyl (C=O) groups is 1. The Hall–Kier alpha value is -2.20. The lowest BCUT2D eigenvalue weighted by atomic mass is 10.1. The molecule has 1 amide bonds. The molecule has 1 unspecified atom stereocenters. The van der Waals surface area contributed by atoms with E-state index < -0.39 is 6.04 Å². The second-order valence-electron chi connectivity index (χ2n) is 4.81. The molecule has 0 aliphatic rings. The van der Waals surface area contributed by atoms with Crippen molar-refractivity contribution in [3.05, 3.63) is 66.0 Å². The van der Waals surface area contributed by atoms with Crippen LogP contribution in [0.5, 0.6) is 0 Å². The van der Waals surface area contributed by atoms with Crippen LogP contribution in [0.3, 0.4) is 0 Å². The number of likely N-dealkylation sites (N-methyl/N-ethyl adjacent to an activating group) is 1. The van der Waals surface area contributed by atoms with E-state index in [0.29, 0.717) is 13.0 Å². The minimum Gasteiger partial charge on any atom is -0.338 e. The molecule has 1 aromatic heterocycles. The molecule has 0 fully saturated rings. The van der Waals surface area contributed by atoms with Gasteiger partial charge in [0.05, 0.1) is 18.3 Å². The van der Waals surface area contributed by atoms with Crippen LogP contribution in [0.1, 0.15) is 11.3 Å². The number of aromatic nitrogens is 1. The molecule has 4 nitrogen and oxygen atoms in total. The minimum atomic E-state index is -0.522. The normalized spacial score (nSPS) is 11.9. The van der Waals surface area contributed by atoms with Crippen molar-refractivity contribution >= 4 is 5.91 Å². The molecule has 1 heterocycles. The van der Waals surface area contributed by atoms with E-state index in [9.17, 15) is 4.79 Å². The maximum absolute atomic E-state index is 12.2. The Balaban J connectivity index is 1.93. The molecular formula is C16H19N3O. The molecule has 0 aliphatic carbocycles. The van der Waals surface area contributed by atoms with Crippen molar-refractivity contribution in [3.8, 4) is 0 Å².